The normalized spacial score (nSPS) is 15.9. The summed E-state index contributed by atoms with van der Waals surface area (Å²) < 4.78 is 59.0. The van der Waals surface area contributed by atoms with Crippen LogP contribution in [0.4, 0.5) is 17.6 Å². The molecule has 10 heteroatoms. The Morgan fingerprint density at radius 2 is 1.48 bits per heavy atom. The molecule has 4 rings (SSSR count). The number of rotatable bonds is 6. The molecule has 0 bridgehead atoms. The highest BCUT2D eigenvalue weighted by atomic mass is 19.4. The van der Waals surface area contributed by atoms with Crippen molar-refractivity contribution in [3.8, 4) is 17.1 Å². The molecule has 1 aliphatic rings. The lowest BCUT2D eigenvalue weighted by Crippen LogP contribution is -2.45. The number of halogens is 4. The highest BCUT2D eigenvalue weighted by Crippen LogP contribution is 2.23. The molecule has 0 aliphatic carbocycles. The number of hydrogen-bond acceptors (Lipinski definition) is 6. The molecule has 1 aliphatic heterocycles. The third-order valence-corrected chi connectivity index (χ3v) is 4.96. The van der Waals surface area contributed by atoms with Gasteiger partial charge in [-0.05, 0) is 42.0 Å². The molecule has 2 aromatic carbocycles. The smallest absolute Gasteiger partial charge is 0.406 e. The first-order chi connectivity index (χ1) is 14.8. The van der Waals surface area contributed by atoms with Gasteiger partial charge in [-0.1, -0.05) is 17.3 Å². The lowest BCUT2D eigenvalue weighted by Gasteiger charge is -2.33. The van der Waals surface area contributed by atoms with Gasteiger partial charge in [0.05, 0.1) is 6.54 Å². The maximum atomic E-state index is 13.0. The second-order valence-electron chi connectivity index (χ2n) is 7.26. The minimum Gasteiger partial charge on any atom is -0.406 e. The first-order valence-corrected chi connectivity index (χ1v) is 9.72. The minimum absolute atomic E-state index is 0.222. The summed E-state index contributed by atoms with van der Waals surface area (Å²) in [5, 5.41) is 3.96. The Kier molecular flexibility index (Phi) is 6.19. The van der Waals surface area contributed by atoms with Crippen molar-refractivity contribution in [2.75, 3.05) is 26.2 Å². The molecule has 0 saturated carbocycles. The molecule has 1 saturated heterocycles. The van der Waals surface area contributed by atoms with Gasteiger partial charge in [0.1, 0.15) is 11.6 Å². The summed E-state index contributed by atoms with van der Waals surface area (Å²) in [5.41, 5.74) is 1.61. The van der Waals surface area contributed by atoms with Crippen LogP contribution < -0.4 is 4.74 Å². The largest absolute Gasteiger partial charge is 0.573 e. The van der Waals surface area contributed by atoms with E-state index < -0.39 is 6.36 Å². The Morgan fingerprint density at radius 1 is 0.871 bits per heavy atom. The van der Waals surface area contributed by atoms with E-state index in [1.807, 2.05) is 0 Å². The molecule has 6 nitrogen and oxygen atoms in total. The van der Waals surface area contributed by atoms with Gasteiger partial charge in [0.2, 0.25) is 11.7 Å². The number of piperazine rings is 1. The molecule has 3 aromatic rings. The van der Waals surface area contributed by atoms with Crippen molar-refractivity contribution in [2.24, 2.45) is 0 Å². The SMILES string of the molecule is Fc1ccc(-c2noc(CN3CCN(Cc4ccc(OC(F)(F)F)cc4)CC3)n2)cc1. The van der Waals surface area contributed by atoms with Gasteiger partial charge in [-0.3, -0.25) is 9.80 Å². The number of benzene rings is 2. The van der Waals surface area contributed by atoms with Crippen LogP contribution in [0.25, 0.3) is 11.4 Å². The van der Waals surface area contributed by atoms with Crippen molar-refractivity contribution in [1.29, 1.82) is 0 Å². The number of alkyl halides is 3. The van der Waals surface area contributed by atoms with Crippen LogP contribution in [-0.4, -0.2) is 52.5 Å². The highest BCUT2D eigenvalue weighted by Gasteiger charge is 2.31. The molecule has 0 atom stereocenters. The maximum absolute atomic E-state index is 13.0. The van der Waals surface area contributed by atoms with E-state index in [4.69, 9.17) is 4.52 Å². The molecule has 164 valence electrons. The van der Waals surface area contributed by atoms with E-state index in [1.54, 1.807) is 24.3 Å². The maximum Gasteiger partial charge on any atom is 0.573 e. The summed E-state index contributed by atoms with van der Waals surface area (Å²) in [6, 6.07) is 11.8. The topological polar surface area (TPSA) is 54.6 Å². The molecule has 0 unspecified atom stereocenters. The van der Waals surface area contributed by atoms with E-state index in [0.29, 0.717) is 30.4 Å². The van der Waals surface area contributed by atoms with E-state index in [0.717, 1.165) is 31.7 Å². The average Bonchev–Trinajstić information content (AvgIpc) is 3.19. The Balaban J connectivity index is 1.25. The summed E-state index contributed by atoms with van der Waals surface area (Å²) in [6.45, 7) is 4.37. The van der Waals surface area contributed by atoms with Crippen molar-refractivity contribution >= 4 is 0 Å². The molecule has 31 heavy (non-hydrogen) atoms. The van der Waals surface area contributed by atoms with E-state index in [1.165, 1.54) is 24.3 Å². The van der Waals surface area contributed by atoms with Crippen molar-refractivity contribution in [3.63, 3.8) is 0 Å². The van der Waals surface area contributed by atoms with Gasteiger partial charge in [-0.2, -0.15) is 4.98 Å². The average molecular weight is 436 g/mol. The summed E-state index contributed by atoms with van der Waals surface area (Å²) in [4.78, 5) is 8.80. The highest BCUT2D eigenvalue weighted by molar-refractivity contribution is 5.53. The molecule has 0 spiro atoms. The Labute approximate surface area is 176 Å². The first-order valence-electron chi connectivity index (χ1n) is 9.72. The Morgan fingerprint density at radius 3 is 2.10 bits per heavy atom. The number of ether oxygens (including phenoxy) is 1. The van der Waals surface area contributed by atoms with E-state index in [2.05, 4.69) is 24.7 Å². The summed E-state index contributed by atoms with van der Waals surface area (Å²) in [7, 11) is 0. The number of aromatic nitrogens is 2. The second kappa shape index (κ2) is 9.03. The summed E-state index contributed by atoms with van der Waals surface area (Å²) in [6.07, 6.45) is -4.68. The van der Waals surface area contributed by atoms with Crippen LogP contribution in [0.2, 0.25) is 0 Å². The van der Waals surface area contributed by atoms with E-state index in [-0.39, 0.29) is 11.6 Å². The van der Waals surface area contributed by atoms with Crippen molar-refractivity contribution < 1.29 is 26.8 Å². The van der Waals surface area contributed by atoms with Gasteiger partial charge in [-0.25, -0.2) is 4.39 Å². The van der Waals surface area contributed by atoms with Crippen LogP contribution in [0.5, 0.6) is 5.75 Å². The zero-order valence-corrected chi connectivity index (χ0v) is 16.5. The van der Waals surface area contributed by atoms with Gasteiger partial charge in [0.25, 0.3) is 0 Å². The van der Waals surface area contributed by atoms with Gasteiger partial charge in [0, 0.05) is 38.3 Å². The summed E-state index contributed by atoms with van der Waals surface area (Å²) >= 11 is 0. The fraction of sp³-hybridized carbons (Fsp3) is 0.333. The monoisotopic (exact) mass is 436 g/mol. The second-order valence-corrected chi connectivity index (χ2v) is 7.26. The third-order valence-electron chi connectivity index (χ3n) is 4.96. The van der Waals surface area contributed by atoms with E-state index >= 15 is 0 Å². The van der Waals surface area contributed by atoms with Crippen LogP contribution in [-0.2, 0) is 13.1 Å². The predicted octanol–water partition coefficient (Wildman–Crippen LogP) is 4.09. The standard InChI is InChI=1S/C21H20F4N4O2/c22-17-5-3-16(4-6-17)20-26-19(31-27-20)14-29-11-9-28(10-12-29)13-15-1-7-18(8-2-15)30-21(23,24)25/h1-8H,9-14H2. The van der Waals surface area contributed by atoms with Crippen LogP contribution in [0.1, 0.15) is 11.5 Å². The molecular formula is C21H20F4N4O2. The van der Waals surface area contributed by atoms with Crippen LogP contribution in [0.15, 0.2) is 53.1 Å². The van der Waals surface area contributed by atoms with Crippen molar-refractivity contribution in [1.82, 2.24) is 19.9 Å². The van der Waals surface area contributed by atoms with Crippen LogP contribution in [0.3, 0.4) is 0 Å². The zero-order chi connectivity index (χ0) is 21.8. The fourth-order valence-corrected chi connectivity index (χ4v) is 3.39. The lowest BCUT2D eigenvalue weighted by atomic mass is 10.2. The quantitative estimate of drug-likeness (QED) is 0.543. The number of hydrogen-bond donors (Lipinski definition) is 0. The molecule has 2 heterocycles. The Bertz CT molecular complexity index is 982. The molecular weight excluding hydrogens is 416 g/mol. The molecule has 0 amide bonds. The van der Waals surface area contributed by atoms with Crippen molar-refractivity contribution in [2.45, 2.75) is 19.5 Å². The van der Waals surface area contributed by atoms with Gasteiger partial charge in [-0.15, -0.1) is 13.2 Å². The van der Waals surface area contributed by atoms with Crippen LogP contribution in [0, 0.1) is 5.82 Å². The fourth-order valence-electron chi connectivity index (χ4n) is 3.39. The summed E-state index contributed by atoms with van der Waals surface area (Å²) in [5.74, 6) is 0.371. The van der Waals surface area contributed by atoms with Crippen LogP contribution >= 0.6 is 0 Å². The van der Waals surface area contributed by atoms with E-state index in [9.17, 15) is 17.6 Å². The van der Waals surface area contributed by atoms with Gasteiger partial charge in [0.15, 0.2) is 0 Å². The Hall–Kier alpha value is -2.98. The van der Waals surface area contributed by atoms with Gasteiger partial charge < -0.3 is 9.26 Å². The third kappa shape index (κ3) is 6.02. The lowest BCUT2D eigenvalue weighted by molar-refractivity contribution is -0.274. The van der Waals surface area contributed by atoms with Gasteiger partial charge >= 0.3 is 6.36 Å². The minimum atomic E-state index is -4.68. The zero-order valence-electron chi connectivity index (χ0n) is 16.5. The molecule has 0 N–H and O–H groups in total. The molecule has 1 aromatic heterocycles. The van der Waals surface area contributed by atoms with Crippen molar-refractivity contribution in [3.05, 3.63) is 65.8 Å². The predicted molar refractivity (Wildman–Crippen MR) is 103 cm³/mol. The first kappa shape index (κ1) is 21.3. The number of nitrogens with zero attached hydrogens (tertiary/aromatic N) is 4. The molecule has 1 fully saturated rings. The molecule has 0 radical (unpaired) electrons.